The van der Waals surface area contributed by atoms with Crippen molar-refractivity contribution >= 4 is 0 Å². The molecule has 1 atom stereocenters. The van der Waals surface area contributed by atoms with E-state index < -0.39 is 0 Å². The van der Waals surface area contributed by atoms with E-state index in [1.54, 1.807) is 6.20 Å². The maximum absolute atomic E-state index is 9.10. The Morgan fingerprint density at radius 1 is 1.05 bits per heavy atom. The smallest absolute Gasteiger partial charge is 0.191 e. The highest BCUT2D eigenvalue weighted by atomic mass is 15.3. The van der Waals surface area contributed by atoms with Gasteiger partial charge in [-0.3, -0.25) is 4.98 Å². The van der Waals surface area contributed by atoms with Crippen molar-refractivity contribution in [3.63, 3.8) is 0 Å². The van der Waals surface area contributed by atoms with Crippen LogP contribution in [0.2, 0.25) is 0 Å². The Balaban J connectivity index is 0.000000174. The first-order valence-corrected chi connectivity index (χ1v) is 8.61. The van der Waals surface area contributed by atoms with Crippen LogP contribution >= 0.6 is 0 Å². The van der Waals surface area contributed by atoms with Crippen LogP contribution < -0.4 is 10.2 Å². The molecule has 3 aliphatic rings. The molecule has 1 unspecified atom stereocenters. The molecule has 1 aromatic rings. The highest BCUT2D eigenvalue weighted by molar-refractivity contribution is 5.40. The van der Waals surface area contributed by atoms with E-state index in [2.05, 4.69) is 21.3 Å². The minimum atomic E-state index is 0.117. The molecule has 3 saturated heterocycles. The number of hydrogen-bond donors (Lipinski definition) is 0. The fraction of sp³-hybridized carbons (Fsp3) is 0.667. The van der Waals surface area contributed by atoms with Gasteiger partial charge in [-0.1, -0.05) is 12.8 Å². The molecule has 4 heteroatoms. The zero-order valence-electron chi connectivity index (χ0n) is 13.3. The van der Waals surface area contributed by atoms with Crippen LogP contribution in [0.4, 0.5) is 0 Å². The molecule has 116 valence electrons. The lowest BCUT2D eigenvalue weighted by molar-refractivity contribution is 0.116. The predicted molar refractivity (Wildman–Crippen MR) is 86.7 cm³/mol. The second-order valence-electron chi connectivity index (χ2n) is 6.47. The Morgan fingerprint density at radius 3 is 2.50 bits per heavy atom. The van der Waals surface area contributed by atoms with Crippen LogP contribution in [0.3, 0.4) is 0 Å². The summed E-state index contributed by atoms with van der Waals surface area (Å²) in [6.45, 7) is 4.59. The van der Waals surface area contributed by atoms with E-state index in [-0.39, 0.29) is 5.54 Å². The Labute approximate surface area is 133 Å². The normalized spacial score (nSPS) is 27.6. The van der Waals surface area contributed by atoms with Crippen LogP contribution in [0, 0.1) is 11.3 Å². The minimum Gasteiger partial charge on any atom is -0.253 e. The standard InChI is InChI=1S/C12H13N3.C6H12N/c13-9-10-3-1-6-14-11(10)12-4-2-7-15(12)8-5-12;1-2-4-6-7-5-3-1/h1,3,6H,2,4-5,7-8H2;1-6H2/q+1;. The zero-order chi connectivity index (χ0) is 15.3. The third-order valence-corrected chi connectivity index (χ3v) is 5.17. The lowest BCUT2D eigenvalue weighted by Gasteiger charge is -2.37. The van der Waals surface area contributed by atoms with Crippen LogP contribution in [0.25, 0.3) is 0 Å². The summed E-state index contributed by atoms with van der Waals surface area (Å²) in [5.74, 6) is 0. The van der Waals surface area contributed by atoms with Gasteiger partial charge in [0.25, 0.3) is 0 Å². The summed E-state index contributed by atoms with van der Waals surface area (Å²) in [4.78, 5) is 6.91. The van der Waals surface area contributed by atoms with Crippen molar-refractivity contribution in [2.75, 3.05) is 26.2 Å². The largest absolute Gasteiger partial charge is 0.253 e. The lowest BCUT2D eigenvalue weighted by Crippen LogP contribution is -2.58. The molecule has 0 bridgehead atoms. The maximum Gasteiger partial charge on any atom is 0.191 e. The predicted octanol–water partition coefficient (Wildman–Crippen LogP) is 2.65. The number of rotatable bonds is 1. The summed E-state index contributed by atoms with van der Waals surface area (Å²) < 4.78 is 0. The van der Waals surface area contributed by atoms with Crippen LogP contribution in [0.5, 0.6) is 0 Å². The van der Waals surface area contributed by atoms with Gasteiger partial charge in [-0.25, -0.2) is 5.32 Å². The molecular weight excluding hydrogens is 272 g/mol. The summed E-state index contributed by atoms with van der Waals surface area (Å²) in [5.41, 5.74) is 1.88. The Bertz CT molecular complexity index is 516. The second kappa shape index (κ2) is 7.21. The Hall–Kier alpha value is -1.44. The van der Waals surface area contributed by atoms with Crippen LogP contribution in [-0.4, -0.2) is 31.2 Å². The van der Waals surface area contributed by atoms with Crippen molar-refractivity contribution in [2.45, 2.75) is 50.5 Å². The Morgan fingerprint density at radius 2 is 1.86 bits per heavy atom. The quantitative estimate of drug-likeness (QED) is 0.748. The molecule has 0 spiro atoms. The van der Waals surface area contributed by atoms with Gasteiger partial charge >= 0.3 is 0 Å². The van der Waals surface area contributed by atoms with E-state index >= 15 is 0 Å². The summed E-state index contributed by atoms with van der Waals surface area (Å²) >= 11 is 0. The summed E-state index contributed by atoms with van der Waals surface area (Å²) in [6, 6.07) is 5.99. The van der Waals surface area contributed by atoms with Crippen molar-refractivity contribution in [2.24, 2.45) is 0 Å². The van der Waals surface area contributed by atoms with Crippen molar-refractivity contribution < 1.29 is 0 Å². The highest BCUT2D eigenvalue weighted by Gasteiger charge is 2.60. The molecule has 0 aliphatic carbocycles. The molecule has 3 fully saturated rings. The van der Waals surface area contributed by atoms with E-state index in [4.69, 9.17) is 5.26 Å². The number of pyridine rings is 1. The van der Waals surface area contributed by atoms with Gasteiger partial charge in [0.05, 0.1) is 12.0 Å². The summed E-state index contributed by atoms with van der Waals surface area (Å²) in [7, 11) is 0. The third kappa shape index (κ3) is 3.02. The van der Waals surface area contributed by atoms with Gasteiger partial charge in [0.1, 0.15) is 24.9 Å². The number of hydrogen-bond acceptors (Lipinski definition) is 3. The number of nitrogens with zero attached hydrogens (tertiary/aromatic N) is 4. The number of nitriles is 1. The first-order valence-electron chi connectivity index (χ1n) is 8.61. The molecule has 2 radical (unpaired) electrons. The first-order chi connectivity index (χ1) is 10.9. The van der Waals surface area contributed by atoms with Gasteiger partial charge < -0.3 is 0 Å². The van der Waals surface area contributed by atoms with Crippen LogP contribution in [-0.2, 0) is 5.54 Å². The van der Waals surface area contributed by atoms with E-state index in [9.17, 15) is 0 Å². The maximum atomic E-state index is 9.10. The third-order valence-electron chi connectivity index (χ3n) is 5.17. The van der Waals surface area contributed by atoms with Gasteiger partial charge in [-0.2, -0.15) is 10.2 Å². The fourth-order valence-corrected chi connectivity index (χ4v) is 3.88. The van der Waals surface area contributed by atoms with E-state index in [1.807, 2.05) is 12.1 Å². The monoisotopic (exact) mass is 297 g/mol. The van der Waals surface area contributed by atoms with Crippen LogP contribution in [0.1, 0.15) is 56.2 Å². The molecule has 0 saturated carbocycles. The molecule has 4 heterocycles. The minimum absolute atomic E-state index is 0.117. The SMILES string of the molecule is C1CCC[N]CC1.N#Cc1cccnc1C12CCC[N+]1CC2. The average molecular weight is 297 g/mol. The Kier molecular flexibility index (Phi) is 5.07. The molecule has 4 nitrogen and oxygen atoms in total. The van der Waals surface area contributed by atoms with E-state index in [0.29, 0.717) is 0 Å². The molecule has 22 heavy (non-hydrogen) atoms. The van der Waals surface area contributed by atoms with E-state index in [1.165, 1.54) is 58.0 Å². The van der Waals surface area contributed by atoms with Crippen molar-refractivity contribution in [1.82, 2.24) is 15.2 Å². The van der Waals surface area contributed by atoms with Gasteiger partial charge in [0.2, 0.25) is 0 Å². The summed E-state index contributed by atoms with van der Waals surface area (Å²) in [5, 5.41) is 13.4. The van der Waals surface area contributed by atoms with Gasteiger partial charge in [0, 0.05) is 32.1 Å². The lowest BCUT2D eigenvalue weighted by atomic mass is 9.80. The first kappa shape index (κ1) is 15.5. The van der Waals surface area contributed by atoms with E-state index in [0.717, 1.165) is 24.3 Å². The molecule has 1 aromatic heterocycles. The molecule has 0 aromatic carbocycles. The fourth-order valence-electron chi connectivity index (χ4n) is 3.88. The van der Waals surface area contributed by atoms with Crippen molar-refractivity contribution in [1.29, 1.82) is 5.26 Å². The highest BCUT2D eigenvalue weighted by Crippen LogP contribution is 2.46. The average Bonchev–Trinajstić information content (AvgIpc) is 2.78. The topological polar surface area (TPSA) is 56.7 Å². The molecule has 4 rings (SSSR count). The molecule has 0 N–H and O–H groups in total. The van der Waals surface area contributed by atoms with Gasteiger partial charge in [-0.05, 0) is 25.0 Å². The summed E-state index contributed by atoms with van der Waals surface area (Å²) in [6.07, 6.45) is 10.9. The molecule has 0 amide bonds. The van der Waals surface area contributed by atoms with Gasteiger partial charge in [-0.15, -0.1) is 0 Å². The van der Waals surface area contributed by atoms with Crippen molar-refractivity contribution in [3.05, 3.63) is 29.6 Å². The van der Waals surface area contributed by atoms with Crippen molar-refractivity contribution in [3.8, 4) is 6.07 Å². The van der Waals surface area contributed by atoms with Gasteiger partial charge in [0.15, 0.2) is 5.54 Å². The second-order valence-corrected chi connectivity index (χ2v) is 6.47. The van der Waals surface area contributed by atoms with Crippen LogP contribution in [0.15, 0.2) is 18.3 Å². The number of fused-ring (bicyclic) bond motifs is 1. The zero-order valence-corrected chi connectivity index (χ0v) is 13.3. The molecular formula is C18H25N4+. The number of aromatic nitrogens is 1. The molecule has 3 aliphatic heterocycles.